The fraction of sp³-hybridized carbons (Fsp3) is 0.211. The third-order valence-electron chi connectivity index (χ3n) is 3.17. The summed E-state index contributed by atoms with van der Waals surface area (Å²) in [6, 6.07) is 15.8. The monoisotopic (exact) mass is 327 g/mol. The summed E-state index contributed by atoms with van der Waals surface area (Å²) in [5.41, 5.74) is 1.66. The number of carbonyl (C=O) groups excluding carboxylic acids is 1. The Kier molecular flexibility index (Phi) is 6.76. The SMILES string of the molecule is C=CCNC(=O)c1ccc(OCC)c(CSc2ccccc2)c1. The topological polar surface area (TPSA) is 38.3 Å². The Morgan fingerprint density at radius 1 is 1.26 bits per heavy atom. The molecule has 0 saturated heterocycles. The number of amides is 1. The molecule has 0 saturated carbocycles. The molecule has 0 atom stereocenters. The predicted molar refractivity (Wildman–Crippen MR) is 96.1 cm³/mol. The van der Waals surface area contributed by atoms with Crippen LogP contribution in [-0.2, 0) is 5.75 Å². The highest BCUT2D eigenvalue weighted by Gasteiger charge is 2.10. The van der Waals surface area contributed by atoms with Gasteiger partial charge in [0, 0.05) is 28.3 Å². The van der Waals surface area contributed by atoms with E-state index in [9.17, 15) is 4.79 Å². The maximum atomic E-state index is 12.1. The van der Waals surface area contributed by atoms with Crippen LogP contribution >= 0.6 is 11.8 Å². The van der Waals surface area contributed by atoms with Crippen LogP contribution in [-0.4, -0.2) is 19.1 Å². The number of hydrogen-bond donors (Lipinski definition) is 1. The molecule has 0 spiro atoms. The lowest BCUT2D eigenvalue weighted by Crippen LogP contribution is -2.23. The molecule has 0 radical (unpaired) electrons. The van der Waals surface area contributed by atoms with Gasteiger partial charge in [-0.2, -0.15) is 0 Å². The van der Waals surface area contributed by atoms with Crippen LogP contribution in [0.1, 0.15) is 22.8 Å². The van der Waals surface area contributed by atoms with Gasteiger partial charge >= 0.3 is 0 Å². The average Bonchev–Trinajstić information content (AvgIpc) is 2.60. The molecule has 4 heteroatoms. The summed E-state index contributed by atoms with van der Waals surface area (Å²) in [6.45, 7) is 6.63. The van der Waals surface area contributed by atoms with Gasteiger partial charge in [-0.25, -0.2) is 0 Å². The molecule has 0 aliphatic rings. The molecule has 0 fully saturated rings. The summed E-state index contributed by atoms with van der Waals surface area (Å²) >= 11 is 1.72. The minimum atomic E-state index is -0.0982. The number of carbonyl (C=O) groups is 1. The molecular formula is C19H21NO2S. The average molecular weight is 327 g/mol. The lowest BCUT2D eigenvalue weighted by atomic mass is 10.1. The number of thioether (sulfide) groups is 1. The molecule has 2 aromatic rings. The van der Waals surface area contributed by atoms with E-state index in [0.717, 1.165) is 17.1 Å². The standard InChI is InChI=1S/C19H21NO2S/c1-3-12-20-19(21)15-10-11-18(22-4-2)16(13-15)14-23-17-8-6-5-7-9-17/h3,5-11,13H,1,4,12,14H2,2H3,(H,20,21). The van der Waals surface area contributed by atoms with Gasteiger partial charge in [0.15, 0.2) is 0 Å². The number of nitrogens with one attached hydrogen (secondary N) is 1. The first-order valence-electron chi connectivity index (χ1n) is 7.57. The van der Waals surface area contributed by atoms with E-state index in [1.165, 1.54) is 4.90 Å². The largest absolute Gasteiger partial charge is 0.494 e. The second-order valence-corrected chi connectivity index (χ2v) is 5.90. The minimum Gasteiger partial charge on any atom is -0.494 e. The third kappa shape index (κ3) is 5.18. The van der Waals surface area contributed by atoms with Crippen molar-refractivity contribution < 1.29 is 9.53 Å². The maximum absolute atomic E-state index is 12.1. The van der Waals surface area contributed by atoms with Crippen molar-refractivity contribution in [2.75, 3.05) is 13.2 Å². The fourth-order valence-electron chi connectivity index (χ4n) is 2.07. The Hall–Kier alpha value is -2.20. The molecule has 2 rings (SSSR count). The van der Waals surface area contributed by atoms with E-state index in [2.05, 4.69) is 24.0 Å². The van der Waals surface area contributed by atoms with Gasteiger partial charge in [-0.15, -0.1) is 18.3 Å². The Labute approximate surface area is 141 Å². The van der Waals surface area contributed by atoms with Crippen LogP contribution in [0.4, 0.5) is 0 Å². The van der Waals surface area contributed by atoms with E-state index < -0.39 is 0 Å². The van der Waals surface area contributed by atoms with E-state index in [0.29, 0.717) is 18.7 Å². The third-order valence-corrected chi connectivity index (χ3v) is 4.23. The summed E-state index contributed by atoms with van der Waals surface area (Å²) in [5.74, 6) is 1.48. The van der Waals surface area contributed by atoms with Crippen LogP contribution in [0.2, 0.25) is 0 Å². The normalized spacial score (nSPS) is 10.1. The predicted octanol–water partition coefficient (Wildman–Crippen LogP) is 4.29. The van der Waals surface area contributed by atoms with Crippen molar-refractivity contribution in [1.29, 1.82) is 0 Å². The fourth-order valence-corrected chi connectivity index (χ4v) is 2.97. The summed E-state index contributed by atoms with van der Waals surface area (Å²) in [4.78, 5) is 13.3. The molecule has 0 bridgehead atoms. The molecule has 0 aliphatic heterocycles. The molecule has 0 unspecified atom stereocenters. The summed E-state index contributed by atoms with van der Waals surface area (Å²) in [5, 5.41) is 2.80. The smallest absolute Gasteiger partial charge is 0.251 e. The highest BCUT2D eigenvalue weighted by atomic mass is 32.2. The zero-order valence-corrected chi connectivity index (χ0v) is 14.1. The second-order valence-electron chi connectivity index (χ2n) is 4.86. The van der Waals surface area contributed by atoms with Crippen LogP contribution < -0.4 is 10.1 Å². The van der Waals surface area contributed by atoms with Crippen LogP contribution in [0.15, 0.2) is 66.1 Å². The van der Waals surface area contributed by atoms with E-state index in [1.54, 1.807) is 23.9 Å². The zero-order chi connectivity index (χ0) is 16.5. The van der Waals surface area contributed by atoms with Crippen molar-refractivity contribution >= 4 is 17.7 Å². The molecule has 23 heavy (non-hydrogen) atoms. The molecule has 0 aliphatic carbocycles. The van der Waals surface area contributed by atoms with Gasteiger partial charge < -0.3 is 10.1 Å². The highest BCUT2D eigenvalue weighted by Crippen LogP contribution is 2.29. The van der Waals surface area contributed by atoms with Crippen LogP contribution in [0.5, 0.6) is 5.75 Å². The van der Waals surface area contributed by atoms with Gasteiger partial charge in [-0.05, 0) is 37.3 Å². The van der Waals surface area contributed by atoms with Gasteiger partial charge in [0.05, 0.1) is 6.61 Å². The Morgan fingerprint density at radius 2 is 2.04 bits per heavy atom. The van der Waals surface area contributed by atoms with Gasteiger partial charge in [0.25, 0.3) is 5.91 Å². The number of ether oxygens (including phenoxy) is 1. The molecule has 0 heterocycles. The molecule has 1 N–H and O–H groups in total. The molecule has 3 nitrogen and oxygen atoms in total. The van der Waals surface area contributed by atoms with Gasteiger partial charge in [-0.3, -0.25) is 4.79 Å². The van der Waals surface area contributed by atoms with Crippen molar-refractivity contribution in [3.63, 3.8) is 0 Å². The zero-order valence-electron chi connectivity index (χ0n) is 13.2. The van der Waals surface area contributed by atoms with Crippen molar-refractivity contribution in [3.8, 4) is 5.75 Å². The number of rotatable bonds is 8. The lowest BCUT2D eigenvalue weighted by Gasteiger charge is -2.12. The summed E-state index contributed by atoms with van der Waals surface area (Å²) in [6.07, 6.45) is 1.67. The first kappa shape index (κ1) is 17.2. The van der Waals surface area contributed by atoms with Gasteiger partial charge in [0.1, 0.15) is 5.75 Å². The van der Waals surface area contributed by atoms with E-state index >= 15 is 0 Å². The Balaban J connectivity index is 2.16. The van der Waals surface area contributed by atoms with Crippen molar-refractivity contribution in [3.05, 3.63) is 72.3 Å². The van der Waals surface area contributed by atoms with E-state index in [-0.39, 0.29) is 5.91 Å². The summed E-state index contributed by atoms with van der Waals surface area (Å²) in [7, 11) is 0. The Bertz CT molecular complexity index is 656. The van der Waals surface area contributed by atoms with Crippen LogP contribution in [0.3, 0.4) is 0 Å². The molecule has 120 valence electrons. The van der Waals surface area contributed by atoms with Crippen LogP contribution in [0, 0.1) is 0 Å². The van der Waals surface area contributed by atoms with Crippen molar-refractivity contribution in [2.24, 2.45) is 0 Å². The quantitative estimate of drug-likeness (QED) is 0.580. The van der Waals surface area contributed by atoms with Crippen molar-refractivity contribution in [1.82, 2.24) is 5.32 Å². The highest BCUT2D eigenvalue weighted by molar-refractivity contribution is 7.98. The molecule has 0 aromatic heterocycles. The molecular weight excluding hydrogens is 306 g/mol. The first-order valence-corrected chi connectivity index (χ1v) is 8.55. The second kappa shape index (κ2) is 9.06. The number of benzene rings is 2. The van der Waals surface area contributed by atoms with Crippen molar-refractivity contribution in [2.45, 2.75) is 17.6 Å². The van der Waals surface area contributed by atoms with Gasteiger partial charge in [0.2, 0.25) is 0 Å². The van der Waals surface area contributed by atoms with E-state index in [4.69, 9.17) is 4.74 Å². The van der Waals surface area contributed by atoms with Gasteiger partial charge in [-0.1, -0.05) is 24.3 Å². The Morgan fingerprint density at radius 3 is 2.74 bits per heavy atom. The van der Waals surface area contributed by atoms with E-state index in [1.807, 2.05) is 37.3 Å². The maximum Gasteiger partial charge on any atom is 0.251 e. The number of hydrogen-bond acceptors (Lipinski definition) is 3. The van der Waals surface area contributed by atoms with Crippen LogP contribution in [0.25, 0.3) is 0 Å². The first-order chi connectivity index (χ1) is 11.2. The summed E-state index contributed by atoms with van der Waals surface area (Å²) < 4.78 is 5.68. The lowest BCUT2D eigenvalue weighted by molar-refractivity contribution is 0.0958. The molecule has 2 aromatic carbocycles. The molecule has 1 amide bonds. The minimum absolute atomic E-state index is 0.0982.